The van der Waals surface area contributed by atoms with E-state index in [1.54, 1.807) is 18.2 Å². The summed E-state index contributed by atoms with van der Waals surface area (Å²) < 4.78 is 45.0. The molecule has 31 heavy (non-hydrogen) atoms. The molecule has 2 amide bonds. The van der Waals surface area contributed by atoms with Crippen LogP contribution < -0.4 is 15.0 Å². The van der Waals surface area contributed by atoms with Crippen molar-refractivity contribution in [3.05, 3.63) is 58.4 Å². The number of amides is 2. The largest absolute Gasteiger partial charge is 0.482 e. The van der Waals surface area contributed by atoms with Gasteiger partial charge in [-0.25, -0.2) is 4.98 Å². The molecule has 0 spiro atoms. The first-order valence-corrected chi connectivity index (χ1v) is 10.1. The zero-order valence-corrected chi connectivity index (χ0v) is 17.0. The van der Waals surface area contributed by atoms with E-state index in [1.165, 1.54) is 34.4 Å². The van der Waals surface area contributed by atoms with Crippen LogP contribution in [0.4, 0.5) is 24.5 Å². The average Bonchev–Trinajstić information content (AvgIpc) is 3.16. The molecule has 10 heteroatoms. The molecule has 1 aromatic heterocycles. The molecule has 0 radical (unpaired) electrons. The van der Waals surface area contributed by atoms with E-state index in [0.717, 1.165) is 16.6 Å². The first kappa shape index (κ1) is 20.9. The molecule has 1 aliphatic heterocycles. The molecule has 0 atom stereocenters. The van der Waals surface area contributed by atoms with Crippen molar-refractivity contribution in [1.82, 2.24) is 4.98 Å². The highest BCUT2D eigenvalue weighted by Gasteiger charge is 2.34. The Morgan fingerprint density at radius 2 is 2.03 bits per heavy atom. The Morgan fingerprint density at radius 3 is 2.74 bits per heavy atom. The Balaban J connectivity index is 1.60. The third-order valence-electron chi connectivity index (χ3n) is 4.62. The van der Waals surface area contributed by atoms with Gasteiger partial charge < -0.3 is 10.1 Å². The van der Waals surface area contributed by atoms with Crippen LogP contribution in [-0.4, -0.2) is 29.9 Å². The van der Waals surface area contributed by atoms with E-state index in [0.29, 0.717) is 17.1 Å². The Hall–Kier alpha value is -3.40. The van der Waals surface area contributed by atoms with Gasteiger partial charge in [-0.3, -0.25) is 14.5 Å². The maximum absolute atomic E-state index is 13.2. The van der Waals surface area contributed by atoms with Crippen molar-refractivity contribution in [1.29, 1.82) is 0 Å². The number of fused-ring (bicyclic) bond motifs is 1. The van der Waals surface area contributed by atoms with Crippen LogP contribution in [0.25, 0.3) is 11.3 Å². The zero-order valence-electron chi connectivity index (χ0n) is 16.2. The van der Waals surface area contributed by atoms with Crippen LogP contribution in [0.3, 0.4) is 0 Å². The molecule has 4 rings (SSSR count). The molecule has 0 aliphatic carbocycles. The predicted octanol–water partition coefficient (Wildman–Crippen LogP) is 4.50. The molecule has 1 N–H and O–H groups in total. The lowest BCUT2D eigenvalue weighted by Crippen LogP contribution is -2.43. The van der Waals surface area contributed by atoms with Gasteiger partial charge in [-0.2, -0.15) is 13.2 Å². The number of rotatable bonds is 4. The van der Waals surface area contributed by atoms with Crippen molar-refractivity contribution >= 4 is 34.5 Å². The fraction of sp³-hybridized carbons (Fsp3) is 0.190. The quantitative estimate of drug-likeness (QED) is 0.639. The van der Waals surface area contributed by atoms with Crippen LogP contribution in [0.1, 0.15) is 10.6 Å². The lowest BCUT2D eigenvalue weighted by molar-refractivity contribution is -0.137. The van der Waals surface area contributed by atoms with Crippen LogP contribution in [-0.2, 0) is 15.8 Å². The number of benzene rings is 2. The minimum atomic E-state index is -4.62. The summed E-state index contributed by atoms with van der Waals surface area (Å²) in [6, 6.07) is 9.82. The molecule has 3 aromatic rings. The van der Waals surface area contributed by atoms with E-state index in [1.807, 2.05) is 12.3 Å². The number of aryl methyl sites for hydroxylation is 1. The van der Waals surface area contributed by atoms with Gasteiger partial charge in [0.15, 0.2) is 6.61 Å². The van der Waals surface area contributed by atoms with Gasteiger partial charge in [-0.05, 0) is 37.3 Å². The second-order valence-electron chi connectivity index (χ2n) is 6.79. The van der Waals surface area contributed by atoms with Crippen LogP contribution in [0.5, 0.6) is 5.75 Å². The third-order valence-corrected chi connectivity index (χ3v) is 5.40. The predicted molar refractivity (Wildman–Crippen MR) is 110 cm³/mol. The van der Waals surface area contributed by atoms with E-state index in [4.69, 9.17) is 4.74 Å². The van der Waals surface area contributed by atoms with E-state index >= 15 is 0 Å². The van der Waals surface area contributed by atoms with Gasteiger partial charge in [0.05, 0.1) is 27.6 Å². The van der Waals surface area contributed by atoms with E-state index in [9.17, 15) is 22.8 Å². The SMILES string of the molecule is Cc1nc(-c2ccc3c(c2)N(CC(=O)Nc2ccccc2C(F)(F)F)C(=O)CO3)cs1. The fourth-order valence-electron chi connectivity index (χ4n) is 3.20. The molecule has 0 saturated heterocycles. The highest BCUT2D eigenvalue weighted by atomic mass is 32.1. The number of carbonyl (C=O) groups is 2. The monoisotopic (exact) mass is 447 g/mol. The Labute approximate surface area is 179 Å². The summed E-state index contributed by atoms with van der Waals surface area (Å²) in [5, 5.41) is 5.00. The summed E-state index contributed by atoms with van der Waals surface area (Å²) >= 11 is 1.47. The summed E-state index contributed by atoms with van der Waals surface area (Å²) in [7, 11) is 0. The standard InChI is InChI=1S/C21H16F3N3O3S/c1-12-25-16(11-31-12)13-6-7-18-17(8-13)27(20(29)10-30-18)9-19(28)26-15-5-3-2-4-14(15)21(22,23)24/h2-8,11H,9-10H2,1H3,(H,26,28). The van der Waals surface area contributed by atoms with Crippen LogP contribution >= 0.6 is 11.3 Å². The van der Waals surface area contributed by atoms with Crippen molar-refractivity contribution in [2.45, 2.75) is 13.1 Å². The lowest BCUT2D eigenvalue weighted by atomic mass is 10.1. The number of thiazole rings is 1. The summed E-state index contributed by atoms with van der Waals surface area (Å²) in [4.78, 5) is 30.6. The first-order valence-electron chi connectivity index (χ1n) is 9.18. The summed E-state index contributed by atoms with van der Waals surface area (Å²) in [5.74, 6) is -0.829. The molecule has 160 valence electrons. The topological polar surface area (TPSA) is 71.5 Å². The third kappa shape index (κ3) is 4.38. The lowest BCUT2D eigenvalue weighted by Gasteiger charge is -2.29. The summed E-state index contributed by atoms with van der Waals surface area (Å²) in [5.41, 5.74) is 0.477. The van der Waals surface area contributed by atoms with Gasteiger partial charge in [-0.1, -0.05) is 12.1 Å². The highest BCUT2D eigenvalue weighted by Crippen LogP contribution is 2.37. The maximum atomic E-state index is 13.2. The number of carbonyl (C=O) groups excluding carboxylic acids is 2. The average molecular weight is 447 g/mol. The number of nitrogens with one attached hydrogen (secondary N) is 1. The van der Waals surface area contributed by atoms with E-state index < -0.39 is 30.1 Å². The van der Waals surface area contributed by atoms with Crippen molar-refractivity contribution < 1.29 is 27.5 Å². The second kappa shape index (κ2) is 8.03. The molecule has 1 aliphatic rings. The highest BCUT2D eigenvalue weighted by molar-refractivity contribution is 7.09. The van der Waals surface area contributed by atoms with Gasteiger partial charge in [0.1, 0.15) is 12.3 Å². The van der Waals surface area contributed by atoms with Gasteiger partial charge in [-0.15, -0.1) is 11.3 Å². The molecular weight excluding hydrogens is 431 g/mol. The van der Waals surface area contributed by atoms with Gasteiger partial charge >= 0.3 is 6.18 Å². The second-order valence-corrected chi connectivity index (χ2v) is 7.86. The molecule has 0 fully saturated rings. The summed E-state index contributed by atoms with van der Waals surface area (Å²) in [6.07, 6.45) is -4.62. The minimum Gasteiger partial charge on any atom is -0.482 e. The smallest absolute Gasteiger partial charge is 0.418 e. The minimum absolute atomic E-state index is 0.269. The number of anilines is 2. The van der Waals surface area contributed by atoms with Crippen LogP contribution in [0.2, 0.25) is 0 Å². The maximum Gasteiger partial charge on any atom is 0.418 e. The van der Waals surface area contributed by atoms with Crippen LogP contribution in [0, 0.1) is 6.92 Å². The molecule has 0 saturated carbocycles. The van der Waals surface area contributed by atoms with Crippen molar-refractivity contribution in [2.24, 2.45) is 0 Å². The van der Waals surface area contributed by atoms with Gasteiger partial charge in [0.2, 0.25) is 5.91 Å². The van der Waals surface area contributed by atoms with Crippen molar-refractivity contribution in [3.63, 3.8) is 0 Å². The molecule has 2 aromatic carbocycles. The van der Waals surface area contributed by atoms with Crippen molar-refractivity contribution in [3.8, 4) is 17.0 Å². The van der Waals surface area contributed by atoms with Gasteiger partial charge in [0, 0.05) is 10.9 Å². The molecule has 2 heterocycles. The van der Waals surface area contributed by atoms with Crippen molar-refractivity contribution in [2.75, 3.05) is 23.4 Å². The zero-order chi connectivity index (χ0) is 22.2. The van der Waals surface area contributed by atoms with Gasteiger partial charge in [0.25, 0.3) is 5.91 Å². The van der Waals surface area contributed by atoms with Crippen LogP contribution in [0.15, 0.2) is 47.8 Å². The fourth-order valence-corrected chi connectivity index (χ4v) is 3.83. The molecule has 0 unspecified atom stereocenters. The number of nitrogens with zero attached hydrogens (tertiary/aromatic N) is 2. The normalized spacial score (nSPS) is 13.5. The molecular formula is C21H16F3N3O3S. The number of halogens is 3. The number of para-hydroxylation sites is 1. The number of hydrogen-bond acceptors (Lipinski definition) is 5. The first-order chi connectivity index (χ1) is 14.7. The Bertz CT molecular complexity index is 1160. The summed E-state index contributed by atoms with van der Waals surface area (Å²) in [6.45, 7) is 1.14. The van der Waals surface area contributed by atoms with E-state index in [-0.39, 0.29) is 12.3 Å². The Kier molecular flexibility index (Phi) is 5.40. The molecule has 6 nitrogen and oxygen atoms in total. The molecule has 0 bridgehead atoms. The number of aromatic nitrogens is 1. The van der Waals surface area contributed by atoms with E-state index in [2.05, 4.69) is 10.3 Å². The number of ether oxygens (including phenoxy) is 1. The Morgan fingerprint density at radius 1 is 1.26 bits per heavy atom. The number of alkyl halides is 3. The number of hydrogen-bond donors (Lipinski definition) is 1.